The third kappa shape index (κ3) is 4.48. The Morgan fingerprint density at radius 1 is 1.14 bits per heavy atom. The quantitative estimate of drug-likeness (QED) is 0.638. The number of carbonyl (C=O) groups is 1. The first-order valence-corrected chi connectivity index (χ1v) is 10.5. The van der Waals surface area contributed by atoms with Crippen molar-refractivity contribution in [1.82, 2.24) is 19.9 Å². The van der Waals surface area contributed by atoms with E-state index in [0.29, 0.717) is 11.7 Å². The smallest absolute Gasteiger partial charge is 0.264 e. The van der Waals surface area contributed by atoms with Gasteiger partial charge in [-0.3, -0.25) is 9.69 Å². The number of thiophene rings is 1. The third-order valence-corrected chi connectivity index (χ3v) is 5.89. The van der Waals surface area contributed by atoms with Crippen molar-refractivity contribution in [3.63, 3.8) is 0 Å². The molecule has 146 valence electrons. The number of hydrogen-bond acceptors (Lipinski definition) is 6. The highest BCUT2D eigenvalue weighted by Crippen LogP contribution is 2.17. The summed E-state index contributed by atoms with van der Waals surface area (Å²) in [5, 5.41) is 6.04. The lowest BCUT2D eigenvalue weighted by Gasteiger charge is -2.34. The Morgan fingerprint density at radius 3 is 2.64 bits per heavy atom. The Labute approximate surface area is 168 Å². The molecule has 0 bridgehead atoms. The number of aryl methyl sites for hydroxylation is 2. The van der Waals surface area contributed by atoms with E-state index in [1.807, 2.05) is 46.7 Å². The Balaban J connectivity index is 1.21. The molecule has 1 aromatic carbocycles. The van der Waals surface area contributed by atoms with Crippen LogP contribution in [0.25, 0.3) is 11.4 Å². The van der Waals surface area contributed by atoms with Crippen molar-refractivity contribution < 1.29 is 9.32 Å². The van der Waals surface area contributed by atoms with Gasteiger partial charge in [-0.05, 0) is 31.3 Å². The van der Waals surface area contributed by atoms with Crippen molar-refractivity contribution in [2.45, 2.75) is 19.8 Å². The number of nitrogens with zero attached hydrogens (tertiary/aromatic N) is 4. The van der Waals surface area contributed by atoms with Crippen LogP contribution in [0.2, 0.25) is 0 Å². The van der Waals surface area contributed by atoms with E-state index in [2.05, 4.69) is 22.0 Å². The maximum Gasteiger partial charge on any atom is 0.264 e. The lowest BCUT2D eigenvalue weighted by Crippen LogP contribution is -2.48. The van der Waals surface area contributed by atoms with Gasteiger partial charge in [0.2, 0.25) is 11.7 Å². The van der Waals surface area contributed by atoms with E-state index in [-0.39, 0.29) is 5.91 Å². The van der Waals surface area contributed by atoms with Gasteiger partial charge < -0.3 is 9.42 Å². The summed E-state index contributed by atoms with van der Waals surface area (Å²) in [7, 11) is 0. The van der Waals surface area contributed by atoms with Crippen LogP contribution in [0.4, 0.5) is 0 Å². The summed E-state index contributed by atoms with van der Waals surface area (Å²) in [5.74, 6) is 1.49. The van der Waals surface area contributed by atoms with Crippen molar-refractivity contribution in [2.24, 2.45) is 0 Å². The summed E-state index contributed by atoms with van der Waals surface area (Å²) < 4.78 is 5.40. The van der Waals surface area contributed by atoms with Crippen molar-refractivity contribution in [3.8, 4) is 11.4 Å². The Bertz CT molecular complexity index is 897. The Kier molecular flexibility index (Phi) is 5.83. The Morgan fingerprint density at radius 2 is 1.93 bits per heavy atom. The predicted molar refractivity (Wildman–Crippen MR) is 109 cm³/mol. The van der Waals surface area contributed by atoms with E-state index >= 15 is 0 Å². The van der Waals surface area contributed by atoms with Crippen LogP contribution in [0.3, 0.4) is 0 Å². The highest BCUT2D eigenvalue weighted by atomic mass is 32.1. The average Bonchev–Trinajstić information content (AvgIpc) is 3.41. The van der Waals surface area contributed by atoms with E-state index in [9.17, 15) is 4.79 Å². The van der Waals surface area contributed by atoms with Crippen LogP contribution in [0.15, 0.2) is 46.3 Å². The monoisotopic (exact) mass is 396 g/mol. The summed E-state index contributed by atoms with van der Waals surface area (Å²) in [4.78, 5) is 22.1. The molecule has 2 aromatic heterocycles. The van der Waals surface area contributed by atoms with Gasteiger partial charge in [0.05, 0.1) is 4.88 Å². The van der Waals surface area contributed by atoms with Gasteiger partial charge in [-0.1, -0.05) is 41.1 Å². The van der Waals surface area contributed by atoms with E-state index in [1.54, 1.807) is 0 Å². The number of benzene rings is 1. The molecule has 0 aliphatic carbocycles. The molecular weight excluding hydrogens is 372 g/mol. The third-order valence-electron chi connectivity index (χ3n) is 5.03. The van der Waals surface area contributed by atoms with Crippen LogP contribution in [-0.4, -0.2) is 58.6 Å². The molecule has 3 aromatic rings. The molecule has 0 N–H and O–H groups in total. The second-order valence-electron chi connectivity index (χ2n) is 7.09. The molecule has 0 radical (unpaired) electrons. The summed E-state index contributed by atoms with van der Waals surface area (Å²) in [6.07, 6.45) is 1.74. The van der Waals surface area contributed by atoms with Crippen molar-refractivity contribution in [2.75, 3.05) is 32.7 Å². The summed E-state index contributed by atoms with van der Waals surface area (Å²) >= 11 is 1.51. The lowest BCUT2D eigenvalue weighted by molar-refractivity contribution is 0.0640. The van der Waals surface area contributed by atoms with E-state index < -0.39 is 0 Å². The molecule has 0 unspecified atom stereocenters. The molecule has 0 saturated carbocycles. The SMILES string of the molecule is Cc1ccc(-c2noc(CCCN3CCN(C(=O)c4cccs4)CC3)n2)cc1. The minimum atomic E-state index is 0.157. The van der Waals surface area contributed by atoms with Crippen LogP contribution in [0, 0.1) is 6.92 Å². The fraction of sp³-hybridized carbons (Fsp3) is 0.381. The van der Waals surface area contributed by atoms with Gasteiger partial charge in [-0.2, -0.15) is 4.98 Å². The molecule has 6 nitrogen and oxygen atoms in total. The predicted octanol–water partition coefficient (Wildman–Crippen LogP) is 3.50. The number of amides is 1. The number of piperazine rings is 1. The van der Waals surface area contributed by atoms with Gasteiger partial charge in [0, 0.05) is 38.2 Å². The largest absolute Gasteiger partial charge is 0.339 e. The summed E-state index contributed by atoms with van der Waals surface area (Å²) in [5.41, 5.74) is 2.19. The van der Waals surface area contributed by atoms with E-state index in [4.69, 9.17) is 4.52 Å². The summed E-state index contributed by atoms with van der Waals surface area (Å²) in [6.45, 7) is 6.43. The molecule has 0 atom stereocenters. The zero-order chi connectivity index (χ0) is 19.3. The number of carbonyl (C=O) groups excluding carboxylic acids is 1. The number of rotatable bonds is 6. The second-order valence-corrected chi connectivity index (χ2v) is 8.04. The number of hydrogen-bond donors (Lipinski definition) is 0. The molecule has 1 saturated heterocycles. The second kappa shape index (κ2) is 8.67. The van der Waals surface area contributed by atoms with Crippen LogP contribution >= 0.6 is 11.3 Å². The fourth-order valence-electron chi connectivity index (χ4n) is 3.36. The minimum absolute atomic E-state index is 0.157. The Hall–Kier alpha value is -2.51. The van der Waals surface area contributed by atoms with Crippen molar-refractivity contribution in [3.05, 3.63) is 58.1 Å². The topological polar surface area (TPSA) is 62.5 Å². The maximum atomic E-state index is 12.4. The molecular formula is C21H24N4O2S. The molecule has 1 amide bonds. The highest BCUT2D eigenvalue weighted by molar-refractivity contribution is 7.12. The zero-order valence-corrected chi connectivity index (χ0v) is 16.8. The number of aromatic nitrogens is 2. The molecule has 3 heterocycles. The van der Waals surface area contributed by atoms with Gasteiger partial charge in [-0.25, -0.2) is 0 Å². The van der Waals surface area contributed by atoms with Gasteiger partial charge >= 0.3 is 0 Å². The van der Waals surface area contributed by atoms with Gasteiger partial charge in [0.15, 0.2) is 0 Å². The fourth-order valence-corrected chi connectivity index (χ4v) is 4.05. The lowest BCUT2D eigenvalue weighted by atomic mass is 10.1. The van der Waals surface area contributed by atoms with Crippen molar-refractivity contribution >= 4 is 17.2 Å². The zero-order valence-electron chi connectivity index (χ0n) is 16.0. The van der Waals surface area contributed by atoms with E-state index in [0.717, 1.165) is 56.0 Å². The molecule has 1 aliphatic rings. The molecule has 0 spiro atoms. The first kappa shape index (κ1) is 18.8. The van der Waals surface area contributed by atoms with Crippen LogP contribution in [0.1, 0.15) is 27.5 Å². The van der Waals surface area contributed by atoms with Crippen molar-refractivity contribution in [1.29, 1.82) is 0 Å². The first-order chi connectivity index (χ1) is 13.7. The molecule has 1 fully saturated rings. The van der Waals surface area contributed by atoms with Crippen LogP contribution in [0.5, 0.6) is 0 Å². The van der Waals surface area contributed by atoms with E-state index in [1.165, 1.54) is 16.9 Å². The molecule has 1 aliphatic heterocycles. The maximum absolute atomic E-state index is 12.4. The standard InChI is InChI=1S/C21H24N4O2S/c1-16-6-8-17(9-7-16)20-22-19(27-23-20)5-2-10-24-11-13-25(14-12-24)21(26)18-4-3-15-28-18/h3-4,6-9,15H,2,5,10-14H2,1H3. The van der Waals surface area contributed by atoms with Gasteiger partial charge in [0.1, 0.15) is 0 Å². The molecule has 7 heteroatoms. The van der Waals surface area contributed by atoms with Crippen LogP contribution < -0.4 is 0 Å². The summed E-state index contributed by atoms with van der Waals surface area (Å²) in [6, 6.07) is 12.0. The molecule has 28 heavy (non-hydrogen) atoms. The average molecular weight is 397 g/mol. The van der Waals surface area contributed by atoms with Gasteiger partial charge in [0.25, 0.3) is 5.91 Å². The minimum Gasteiger partial charge on any atom is -0.339 e. The molecule has 4 rings (SSSR count). The highest BCUT2D eigenvalue weighted by Gasteiger charge is 2.22. The first-order valence-electron chi connectivity index (χ1n) is 9.64. The normalized spacial score (nSPS) is 15.1. The van der Waals surface area contributed by atoms with Crippen LogP contribution in [-0.2, 0) is 6.42 Å². The van der Waals surface area contributed by atoms with Gasteiger partial charge in [-0.15, -0.1) is 11.3 Å².